The molecule has 5 rings (SSSR count). The summed E-state index contributed by atoms with van der Waals surface area (Å²) < 4.78 is 17.3. The fourth-order valence-corrected chi connectivity index (χ4v) is 4.34. The number of ether oxygens (including phenoxy) is 2. The molecule has 166 valence electrons. The van der Waals surface area contributed by atoms with E-state index in [2.05, 4.69) is 20.2 Å². The number of benzene rings is 2. The van der Waals surface area contributed by atoms with Crippen molar-refractivity contribution in [2.45, 2.75) is 19.3 Å². The van der Waals surface area contributed by atoms with Gasteiger partial charge in [-0.15, -0.1) is 0 Å². The Labute approximate surface area is 191 Å². The van der Waals surface area contributed by atoms with Crippen LogP contribution in [0.5, 0.6) is 11.5 Å². The van der Waals surface area contributed by atoms with Crippen LogP contribution in [0.25, 0.3) is 21.9 Å². The zero-order chi connectivity index (χ0) is 21.9. The summed E-state index contributed by atoms with van der Waals surface area (Å²) >= 11 is 6.45. The molecule has 7 nitrogen and oxygen atoms in total. The van der Waals surface area contributed by atoms with Crippen molar-refractivity contribution < 1.29 is 13.9 Å². The lowest BCUT2D eigenvalue weighted by Gasteiger charge is -2.26. The van der Waals surface area contributed by atoms with Crippen molar-refractivity contribution in [2.24, 2.45) is 0 Å². The number of rotatable bonds is 7. The van der Waals surface area contributed by atoms with Crippen LogP contribution in [0.3, 0.4) is 0 Å². The predicted molar refractivity (Wildman–Crippen MR) is 126 cm³/mol. The number of hydrogen-bond acceptors (Lipinski definition) is 7. The number of likely N-dealkylation sites (tertiary alicyclic amines) is 1. The highest BCUT2D eigenvalue weighted by Gasteiger charge is 2.16. The standard InChI is InChI=1S/C24H25ClN4O3/c1-30-20-13-17-19(14-21(20)31-12-10-29-8-3-2-4-9-29)26-15-27-24(17)28-22-18(25)6-5-16-7-11-32-23(16)22/h5-7,11,13-15H,2-4,8-10,12H2,1H3,(H,26,27,28). The molecule has 0 amide bonds. The van der Waals surface area contributed by atoms with Gasteiger partial charge in [0.2, 0.25) is 0 Å². The summed E-state index contributed by atoms with van der Waals surface area (Å²) in [6.07, 6.45) is 7.01. The number of nitrogens with one attached hydrogen (secondary N) is 1. The van der Waals surface area contributed by atoms with Gasteiger partial charge < -0.3 is 19.2 Å². The molecule has 1 aliphatic heterocycles. The molecule has 1 N–H and O–H groups in total. The van der Waals surface area contributed by atoms with Gasteiger partial charge in [-0.3, -0.25) is 4.90 Å². The summed E-state index contributed by atoms with van der Waals surface area (Å²) in [6, 6.07) is 9.43. The normalized spacial score (nSPS) is 14.7. The van der Waals surface area contributed by atoms with E-state index in [9.17, 15) is 0 Å². The Hall–Kier alpha value is -3.03. The van der Waals surface area contributed by atoms with Crippen molar-refractivity contribution in [3.63, 3.8) is 0 Å². The van der Waals surface area contributed by atoms with Gasteiger partial charge in [-0.25, -0.2) is 9.97 Å². The molecule has 0 atom stereocenters. The van der Waals surface area contributed by atoms with Crippen LogP contribution < -0.4 is 14.8 Å². The van der Waals surface area contributed by atoms with Gasteiger partial charge in [-0.2, -0.15) is 0 Å². The number of hydrogen-bond donors (Lipinski definition) is 1. The maximum absolute atomic E-state index is 6.45. The Morgan fingerprint density at radius 2 is 1.97 bits per heavy atom. The predicted octanol–water partition coefficient (Wildman–Crippen LogP) is 5.65. The van der Waals surface area contributed by atoms with Gasteiger partial charge in [-0.05, 0) is 50.2 Å². The third kappa shape index (κ3) is 4.18. The van der Waals surface area contributed by atoms with Crippen molar-refractivity contribution in [1.82, 2.24) is 14.9 Å². The quantitative estimate of drug-likeness (QED) is 0.388. The van der Waals surface area contributed by atoms with E-state index >= 15 is 0 Å². The molecule has 8 heteroatoms. The SMILES string of the molecule is COc1cc2c(Nc3c(Cl)ccc4ccoc34)ncnc2cc1OCCN1CCCCC1. The Kier molecular flexibility index (Phi) is 6.01. The lowest BCUT2D eigenvalue weighted by molar-refractivity contribution is 0.181. The molecule has 1 saturated heterocycles. The summed E-state index contributed by atoms with van der Waals surface area (Å²) in [7, 11) is 1.63. The minimum absolute atomic E-state index is 0.545. The molecule has 1 fully saturated rings. The van der Waals surface area contributed by atoms with Crippen LogP contribution in [-0.4, -0.2) is 48.2 Å². The average molecular weight is 453 g/mol. The summed E-state index contributed by atoms with van der Waals surface area (Å²) in [4.78, 5) is 11.3. The molecule has 0 unspecified atom stereocenters. The summed E-state index contributed by atoms with van der Waals surface area (Å²) in [5.41, 5.74) is 2.09. The molecule has 0 spiro atoms. The third-order valence-electron chi connectivity index (χ3n) is 5.85. The van der Waals surface area contributed by atoms with Gasteiger partial charge in [0.25, 0.3) is 0 Å². The zero-order valence-corrected chi connectivity index (χ0v) is 18.7. The molecule has 2 aromatic heterocycles. The van der Waals surface area contributed by atoms with Crippen molar-refractivity contribution >= 4 is 45.0 Å². The summed E-state index contributed by atoms with van der Waals surface area (Å²) in [5.74, 6) is 1.92. The monoisotopic (exact) mass is 452 g/mol. The average Bonchev–Trinajstić information content (AvgIpc) is 3.30. The number of anilines is 2. The highest BCUT2D eigenvalue weighted by molar-refractivity contribution is 6.35. The Bertz CT molecular complexity index is 1240. The number of nitrogens with zero attached hydrogens (tertiary/aromatic N) is 3. The van der Waals surface area contributed by atoms with E-state index in [1.807, 2.05) is 30.3 Å². The number of fused-ring (bicyclic) bond motifs is 2. The van der Waals surface area contributed by atoms with Crippen LogP contribution in [0, 0.1) is 0 Å². The molecule has 1 aliphatic rings. The first kappa shape index (κ1) is 20.8. The first-order valence-corrected chi connectivity index (χ1v) is 11.2. The lowest BCUT2D eigenvalue weighted by Crippen LogP contribution is -2.33. The van der Waals surface area contributed by atoms with Crippen molar-refractivity contribution in [1.29, 1.82) is 0 Å². The van der Waals surface area contributed by atoms with E-state index < -0.39 is 0 Å². The van der Waals surface area contributed by atoms with E-state index in [0.29, 0.717) is 40.2 Å². The smallest absolute Gasteiger partial charge is 0.163 e. The number of piperidine rings is 1. The van der Waals surface area contributed by atoms with E-state index in [-0.39, 0.29) is 0 Å². The number of furan rings is 1. The second-order valence-corrected chi connectivity index (χ2v) is 8.29. The molecular weight excluding hydrogens is 428 g/mol. The van der Waals surface area contributed by atoms with Crippen LogP contribution in [0.4, 0.5) is 11.5 Å². The molecule has 32 heavy (non-hydrogen) atoms. The molecule has 4 aromatic rings. The maximum atomic E-state index is 6.45. The minimum atomic E-state index is 0.545. The van der Waals surface area contributed by atoms with Gasteiger partial charge in [0, 0.05) is 23.4 Å². The molecule has 0 saturated carbocycles. The number of methoxy groups -OCH3 is 1. The van der Waals surface area contributed by atoms with Crippen LogP contribution in [0.15, 0.2) is 47.3 Å². The van der Waals surface area contributed by atoms with Crippen LogP contribution >= 0.6 is 11.6 Å². The highest BCUT2D eigenvalue weighted by Crippen LogP contribution is 2.38. The fourth-order valence-electron chi connectivity index (χ4n) is 4.15. The summed E-state index contributed by atoms with van der Waals surface area (Å²) in [5, 5.41) is 5.62. The highest BCUT2D eigenvalue weighted by atomic mass is 35.5. The van der Waals surface area contributed by atoms with Gasteiger partial charge >= 0.3 is 0 Å². The van der Waals surface area contributed by atoms with Crippen molar-refractivity contribution in [3.8, 4) is 11.5 Å². The topological polar surface area (TPSA) is 72.6 Å². The lowest BCUT2D eigenvalue weighted by atomic mass is 10.1. The maximum Gasteiger partial charge on any atom is 0.163 e. The second-order valence-electron chi connectivity index (χ2n) is 7.88. The first-order chi connectivity index (χ1) is 15.7. The van der Waals surface area contributed by atoms with Gasteiger partial charge in [0.15, 0.2) is 17.1 Å². The Morgan fingerprint density at radius 1 is 1.09 bits per heavy atom. The van der Waals surface area contributed by atoms with Crippen molar-refractivity contribution in [3.05, 3.63) is 47.9 Å². The largest absolute Gasteiger partial charge is 0.493 e. The third-order valence-corrected chi connectivity index (χ3v) is 6.16. The summed E-state index contributed by atoms with van der Waals surface area (Å²) in [6.45, 7) is 3.80. The zero-order valence-electron chi connectivity index (χ0n) is 17.9. The van der Waals surface area contributed by atoms with E-state index in [0.717, 1.165) is 35.9 Å². The Balaban J connectivity index is 1.42. The van der Waals surface area contributed by atoms with Gasteiger partial charge in [0.05, 0.1) is 23.9 Å². The molecule has 2 aromatic carbocycles. The van der Waals surface area contributed by atoms with Gasteiger partial charge in [0.1, 0.15) is 24.4 Å². The number of aromatic nitrogens is 2. The fraction of sp³-hybridized carbons (Fsp3) is 0.333. The van der Waals surface area contributed by atoms with Crippen LogP contribution in [0.2, 0.25) is 5.02 Å². The minimum Gasteiger partial charge on any atom is -0.493 e. The van der Waals surface area contributed by atoms with Gasteiger partial charge in [-0.1, -0.05) is 18.0 Å². The van der Waals surface area contributed by atoms with E-state index in [4.69, 9.17) is 25.5 Å². The molecule has 0 radical (unpaired) electrons. The van der Waals surface area contributed by atoms with Crippen molar-refractivity contribution in [2.75, 3.05) is 38.7 Å². The second kappa shape index (κ2) is 9.22. The first-order valence-electron chi connectivity index (χ1n) is 10.8. The van der Waals surface area contributed by atoms with Crippen LogP contribution in [-0.2, 0) is 0 Å². The molecule has 0 bridgehead atoms. The van der Waals surface area contributed by atoms with E-state index in [1.54, 1.807) is 13.4 Å². The van der Waals surface area contributed by atoms with E-state index in [1.165, 1.54) is 25.6 Å². The van der Waals surface area contributed by atoms with Crippen LogP contribution in [0.1, 0.15) is 19.3 Å². The molecule has 0 aliphatic carbocycles. The molecule has 3 heterocycles. The number of halogens is 1. The Morgan fingerprint density at radius 3 is 2.81 bits per heavy atom. The molecular formula is C24H25ClN4O3.